The Bertz CT molecular complexity index is 1270. The molecule has 3 aromatic rings. The highest BCUT2D eigenvalue weighted by atomic mass is 35.5. The van der Waals surface area contributed by atoms with Crippen molar-refractivity contribution in [2.75, 3.05) is 30.2 Å². The van der Waals surface area contributed by atoms with E-state index >= 15 is 0 Å². The number of benzene rings is 1. The van der Waals surface area contributed by atoms with Crippen LogP contribution >= 0.6 is 11.6 Å². The smallest absolute Gasteiger partial charge is 0.229 e. The summed E-state index contributed by atoms with van der Waals surface area (Å²) in [7, 11) is 0. The van der Waals surface area contributed by atoms with Crippen molar-refractivity contribution >= 4 is 46.3 Å². The van der Waals surface area contributed by atoms with Crippen molar-refractivity contribution in [3.05, 3.63) is 35.0 Å². The molecule has 1 saturated heterocycles. The lowest BCUT2D eigenvalue weighted by atomic mass is 9.85. The summed E-state index contributed by atoms with van der Waals surface area (Å²) in [5, 5.41) is 12.8. The van der Waals surface area contributed by atoms with Crippen LogP contribution in [0.3, 0.4) is 0 Å². The second-order valence-electron chi connectivity index (χ2n) is 9.42. The summed E-state index contributed by atoms with van der Waals surface area (Å²) in [4.78, 5) is 27.1. The van der Waals surface area contributed by atoms with Gasteiger partial charge in [0, 0.05) is 36.2 Å². The minimum atomic E-state index is -0.862. The molecule has 2 aliphatic rings. The van der Waals surface area contributed by atoms with Gasteiger partial charge < -0.3 is 25.8 Å². The van der Waals surface area contributed by atoms with Gasteiger partial charge in [-0.05, 0) is 50.7 Å². The molecule has 1 amide bonds. The maximum absolute atomic E-state index is 14.6. The van der Waals surface area contributed by atoms with Crippen LogP contribution in [-0.4, -0.2) is 56.5 Å². The highest BCUT2D eigenvalue weighted by molar-refractivity contribution is 6.30. The molecule has 0 unspecified atom stereocenters. The molecule has 10 nitrogen and oxygen atoms in total. The number of aromatic nitrogens is 4. The number of amides is 1. The fourth-order valence-corrected chi connectivity index (χ4v) is 5.38. The fraction of sp³-hybridized carbons (Fsp3) is 0.500. The fourth-order valence-electron chi connectivity index (χ4n) is 5.19. The monoisotopic (exact) mass is 535 g/mol. The van der Waals surface area contributed by atoms with Gasteiger partial charge >= 0.3 is 0 Å². The molecule has 0 bridgehead atoms. The van der Waals surface area contributed by atoms with Crippen molar-refractivity contribution in [3.63, 3.8) is 0 Å². The lowest BCUT2D eigenvalue weighted by Crippen LogP contribution is -2.41. The minimum Gasteiger partial charge on any atom is -0.381 e. The normalized spacial score (nSPS) is 20.8. The number of nitrogens with zero attached hydrogens (tertiary/aromatic N) is 5. The Hall–Kier alpha value is -3.09. The van der Waals surface area contributed by atoms with Gasteiger partial charge in [-0.2, -0.15) is 4.98 Å². The van der Waals surface area contributed by atoms with Crippen LogP contribution < -0.4 is 16.0 Å². The van der Waals surface area contributed by atoms with E-state index < -0.39 is 11.6 Å². The summed E-state index contributed by atoms with van der Waals surface area (Å²) in [5.41, 5.74) is 6.00. The Labute approximate surface area is 216 Å². The molecule has 13 heteroatoms. The molecule has 4 N–H and O–H groups in total. The minimum absolute atomic E-state index is 0.00781. The maximum atomic E-state index is 14.6. The number of nitrogens with one attached hydrogen (secondary N) is 1. The number of rotatable bonds is 7. The largest absolute Gasteiger partial charge is 0.381 e. The van der Waals surface area contributed by atoms with Gasteiger partial charge in [0.2, 0.25) is 17.8 Å². The second kappa shape index (κ2) is 10.7. The van der Waals surface area contributed by atoms with Crippen LogP contribution in [0.4, 0.5) is 26.4 Å². The predicted octanol–water partition coefficient (Wildman–Crippen LogP) is 3.65. The molecule has 37 heavy (non-hydrogen) atoms. The van der Waals surface area contributed by atoms with Crippen LogP contribution in [0.1, 0.15) is 44.6 Å². The van der Waals surface area contributed by atoms with Crippen LogP contribution in [0.5, 0.6) is 0 Å². The van der Waals surface area contributed by atoms with E-state index in [2.05, 4.69) is 15.3 Å². The van der Waals surface area contributed by atoms with Gasteiger partial charge in [0.05, 0.1) is 6.20 Å². The number of nitrogens with two attached hydrogens (primary N) is 1. The van der Waals surface area contributed by atoms with Crippen molar-refractivity contribution in [2.24, 2.45) is 11.7 Å². The molecule has 1 aromatic carbocycles. The first-order chi connectivity index (χ1) is 17.9. The molecule has 1 saturated carbocycles. The summed E-state index contributed by atoms with van der Waals surface area (Å²) in [6.07, 6.45) is 5.33. The van der Waals surface area contributed by atoms with E-state index in [0.29, 0.717) is 56.0 Å². The Balaban J connectivity index is 1.57. The number of carbonyl (C=O) groups is 1. The number of imidazole rings is 1. The van der Waals surface area contributed by atoms with E-state index in [-0.39, 0.29) is 47.3 Å². The summed E-state index contributed by atoms with van der Waals surface area (Å²) in [6.45, 7) is 0.883. The molecular formula is C24H28ClF2N7O3. The number of aliphatic hydroxyl groups excluding tert-OH is 1. The third kappa shape index (κ3) is 5.18. The molecule has 3 heterocycles. The molecule has 198 valence electrons. The molecule has 2 aromatic heterocycles. The molecular weight excluding hydrogens is 508 g/mol. The lowest BCUT2D eigenvalue weighted by molar-refractivity contribution is -0.122. The van der Waals surface area contributed by atoms with E-state index in [1.165, 1.54) is 6.20 Å². The number of ether oxygens (including phenoxy) is 1. The van der Waals surface area contributed by atoms with Gasteiger partial charge in [-0.3, -0.25) is 9.36 Å². The van der Waals surface area contributed by atoms with Crippen LogP contribution in [0, 0.1) is 17.6 Å². The molecule has 5 rings (SSSR count). The van der Waals surface area contributed by atoms with Crippen LogP contribution in [-0.2, 0) is 9.53 Å². The number of anilines is 3. The van der Waals surface area contributed by atoms with Gasteiger partial charge in [-0.1, -0.05) is 11.6 Å². The third-order valence-electron chi connectivity index (χ3n) is 7.17. The summed E-state index contributed by atoms with van der Waals surface area (Å²) < 4.78 is 36.5. The van der Waals surface area contributed by atoms with Crippen LogP contribution in [0.2, 0.25) is 5.02 Å². The van der Waals surface area contributed by atoms with E-state index in [9.17, 15) is 18.7 Å². The van der Waals surface area contributed by atoms with Gasteiger partial charge in [0.25, 0.3) is 0 Å². The van der Waals surface area contributed by atoms with Crippen molar-refractivity contribution in [1.82, 2.24) is 19.5 Å². The topological polar surface area (TPSA) is 131 Å². The number of aliphatic hydroxyl groups is 1. The van der Waals surface area contributed by atoms with E-state index in [0.717, 1.165) is 25.0 Å². The Morgan fingerprint density at radius 3 is 2.46 bits per heavy atom. The maximum Gasteiger partial charge on any atom is 0.229 e. The molecule has 0 spiro atoms. The zero-order valence-corrected chi connectivity index (χ0v) is 20.8. The van der Waals surface area contributed by atoms with Gasteiger partial charge in [-0.15, -0.1) is 0 Å². The Morgan fingerprint density at radius 2 is 1.84 bits per heavy atom. The standard InChI is InChI=1S/C24H28ClF2N7O3/c25-14-9-17(26)20(18(27)10-14)31-24-30-19-11-29-23(33(12-35)15-5-7-37-8-6-15)32-22(19)34(24)16-3-1-13(2-4-16)21(28)36/h9-11,13,15-16,35H,1-8,12H2,(H2,28,36)(H,30,31). The number of fused-ring (bicyclic) bond motifs is 1. The van der Waals surface area contributed by atoms with Crippen molar-refractivity contribution < 1.29 is 23.4 Å². The number of hydrogen-bond acceptors (Lipinski definition) is 8. The summed E-state index contributed by atoms with van der Waals surface area (Å²) in [5.74, 6) is -1.78. The van der Waals surface area contributed by atoms with E-state index in [1.54, 1.807) is 9.47 Å². The number of primary amides is 1. The number of carbonyl (C=O) groups excluding carboxylic acids is 1. The molecule has 1 aliphatic heterocycles. The average molecular weight is 536 g/mol. The SMILES string of the molecule is NC(=O)C1CCC(n2c(Nc3c(F)cc(Cl)cc3F)nc3cnc(N(CO)C4CCOCC4)nc32)CC1. The number of hydrogen-bond donors (Lipinski definition) is 3. The van der Waals surface area contributed by atoms with Gasteiger partial charge in [0.1, 0.15) is 17.9 Å². The highest BCUT2D eigenvalue weighted by Gasteiger charge is 2.30. The van der Waals surface area contributed by atoms with Crippen LogP contribution in [0.25, 0.3) is 11.2 Å². The van der Waals surface area contributed by atoms with Crippen LogP contribution in [0.15, 0.2) is 18.3 Å². The van der Waals surface area contributed by atoms with E-state index in [1.807, 2.05) is 0 Å². The number of halogens is 3. The predicted molar refractivity (Wildman–Crippen MR) is 134 cm³/mol. The first kappa shape index (κ1) is 25.6. The quantitative estimate of drug-likeness (QED) is 0.391. The molecule has 2 fully saturated rings. The van der Waals surface area contributed by atoms with Gasteiger partial charge in [-0.25, -0.2) is 18.7 Å². The Kier molecular flexibility index (Phi) is 7.40. The third-order valence-corrected chi connectivity index (χ3v) is 7.39. The molecule has 0 radical (unpaired) electrons. The molecule has 1 aliphatic carbocycles. The summed E-state index contributed by atoms with van der Waals surface area (Å²) in [6, 6.07) is 1.88. The molecule has 0 atom stereocenters. The van der Waals surface area contributed by atoms with Crippen molar-refractivity contribution in [2.45, 2.75) is 50.6 Å². The van der Waals surface area contributed by atoms with Crippen molar-refractivity contribution in [3.8, 4) is 0 Å². The van der Waals surface area contributed by atoms with E-state index in [4.69, 9.17) is 27.1 Å². The highest BCUT2D eigenvalue weighted by Crippen LogP contribution is 2.38. The average Bonchev–Trinajstić information content (AvgIpc) is 3.24. The zero-order valence-electron chi connectivity index (χ0n) is 20.0. The summed E-state index contributed by atoms with van der Waals surface area (Å²) >= 11 is 5.79. The Morgan fingerprint density at radius 1 is 1.16 bits per heavy atom. The lowest BCUT2D eigenvalue weighted by Gasteiger charge is -2.33. The first-order valence-corrected chi connectivity index (χ1v) is 12.6. The second-order valence-corrected chi connectivity index (χ2v) is 9.85. The van der Waals surface area contributed by atoms with Crippen molar-refractivity contribution in [1.29, 1.82) is 0 Å². The van der Waals surface area contributed by atoms with Gasteiger partial charge in [0.15, 0.2) is 17.3 Å². The zero-order chi connectivity index (χ0) is 26.1. The first-order valence-electron chi connectivity index (χ1n) is 12.3.